The molecule has 2 heterocycles. The van der Waals surface area contributed by atoms with E-state index >= 15 is 0 Å². The maximum atomic E-state index is 3.79. The van der Waals surface area contributed by atoms with E-state index in [1.807, 2.05) is 0 Å². The molecule has 0 aromatic heterocycles. The zero-order chi connectivity index (χ0) is 14.8. The third kappa shape index (κ3) is 3.27. The van der Waals surface area contributed by atoms with E-state index in [2.05, 4.69) is 63.1 Å². The quantitative estimate of drug-likeness (QED) is 0.896. The zero-order valence-electron chi connectivity index (χ0n) is 13.1. The van der Waals surface area contributed by atoms with Gasteiger partial charge in [0.25, 0.3) is 0 Å². The Kier molecular flexibility index (Phi) is 4.87. The molecule has 0 saturated carbocycles. The van der Waals surface area contributed by atoms with Gasteiger partial charge in [-0.2, -0.15) is 0 Å². The summed E-state index contributed by atoms with van der Waals surface area (Å²) >= 11 is 3.79. The first-order chi connectivity index (χ1) is 10.2. The summed E-state index contributed by atoms with van der Waals surface area (Å²) in [5.41, 5.74) is 2.71. The molecule has 0 bridgehead atoms. The summed E-state index contributed by atoms with van der Waals surface area (Å²) in [6, 6.07) is 8.02. The number of anilines is 1. The normalized spacial score (nSPS) is 24.1. The van der Waals surface area contributed by atoms with Crippen LogP contribution < -0.4 is 10.2 Å². The molecule has 2 aliphatic rings. The van der Waals surface area contributed by atoms with Crippen LogP contribution in [0.15, 0.2) is 22.7 Å². The van der Waals surface area contributed by atoms with Crippen molar-refractivity contribution in [1.82, 2.24) is 10.2 Å². The van der Waals surface area contributed by atoms with Crippen LogP contribution in [0.1, 0.15) is 38.3 Å². The van der Waals surface area contributed by atoms with Gasteiger partial charge in [0.2, 0.25) is 0 Å². The van der Waals surface area contributed by atoms with Crippen molar-refractivity contribution in [2.24, 2.45) is 0 Å². The van der Waals surface area contributed by atoms with E-state index in [1.54, 1.807) is 0 Å². The van der Waals surface area contributed by atoms with Gasteiger partial charge in [0.1, 0.15) is 0 Å². The third-order valence-corrected chi connectivity index (χ3v) is 5.55. The molecular weight excluding hydrogens is 326 g/mol. The zero-order valence-corrected chi connectivity index (χ0v) is 14.7. The Morgan fingerprint density at radius 2 is 2.19 bits per heavy atom. The fourth-order valence-electron chi connectivity index (χ4n) is 3.68. The molecule has 3 rings (SSSR count). The Hall–Kier alpha value is -0.580. The number of halogens is 1. The predicted molar refractivity (Wildman–Crippen MR) is 93.0 cm³/mol. The van der Waals surface area contributed by atoms with Crippen LogP contribution in [0, 0.1) is 0 Å². The van der Waals surface area contributed by atoms with Crippen LogP contribution in [0.3, 0.4) is 0 Å². The van der Waals surface area contributed by atoms with Gasteiger partial charge >= 0.3 is 0 Å². The van der Waals surface area contributed by atoms with Gasteiger partial charge in [0.15, 0.2) is 0 Å². The SMILES string of the molecule is CCNC(C)c1ccc(N2CCN3CCCC3C2)c(Br)c1. The highest BCUT2D eigenvalue weighted by molar-refractivity contribution is 9.10. The summed E-state index contributed by atoms with van der Waals surface area (Å²) in [4.78, 5) is 5.21. The molecule has 1 aromatic rings. The predicted octanol–water partition coefficient (Wildman–Crippen LogP) is 3.40. The smallest absolute Gasteiger partial charge is 0.0511 e. The Labute approximate surface area is 136 Å². The van der Waals surface area contributed by atoms with E-state index in [4.69, 9.17) is 0 Å². The highest BCUT2D eigenvalue weighted by Crippen LogP contribution is 2.32. The molecule has 0 aliphatic carbocycles. The fourth-order valence-corrected chi connectivity index (χ4v) is 4.33. The minimum atomic E-state index is 0.409. The maximum Gasteiger partial charge on any atom is 0.0511 e. The van der Waals surface area contributed by atoms with Crippen molar-refractivity contribution in [3.8, 4) is 0 Å². The van der Waals surface area contributed by atoms with Gasteiger partial charge in [-0.05, 0) is 66.5 Å². The number of nitrogens with zero attached hydrogens (tertiary/aromatic N) is 2. The first kappa shape index (κ1) is 15.3. The first-order valence-corrected chi connectivity index (χ1v) is 9.00. The molecule has 1 aromatic carbocycles. The molecule has 116 valence electrons. The number of nitrogens with one attached hydrogen (secondary N) is 1. The summed E-state index contributed by atoms with van der Waals surface area (Å²) in [6.45, 7) is 10.2. The molecule has 2 atom stereocenters. The van der Waals surface area contributed by atoms with Crippen LogP contribution in [0.25, 0.3) is 0 Å². The molecule has 0 spiro atoms. The van der Waals surface area contributed by atoms with Crippen molar-refractivity contribution in [2.45, 2.75) is 38.8 Å². The van der Waals surface area contributed by atoms with Crippen LogP contribution in [0.4, 0.5) is 5.69 Å². The van der Waals surface area contributed by atoms with Gasteiger partial charge in [-0.25, -0.2) is 0 Å². The van der Waals surface area contributed by atoms with Gasteiger partial charge in [0.05, 0.1) is 5.69 Å². The van der Waals surface area contributed by atoms with E-state index in [-0.39, 0.29) is 0 Å². The van der Waals surface area contributed by atoms with E-state index < -0.39 is 0 Å². The van der Waals surface area contributed by atoms with Crippen molar-refractivity contribution in [2.75, 3.05) is 37.6 Å². The number of piperazine rings is 1. The standard InChI is InChI=1S/C17H26BrN3/c1-3-19-13(2)14-6-7-17(16(18)11-14)21-10-9-20-8-4-5-15(20)12-21/h6-7,11,13,15,19H,3-5,8-10,12H2,1-2H3. The molecule has 2 unspecified atom stereocenters. The largest absolute Gasteiger partial charge is 0.368 e. The molecule has 2 saturated heterocycles. The van der Waals surface area contributed by atoms with Crippen LogP contribution in [-0.4, -0.2) is 43.7 Å². The number of rotatable bonds is 4. The molecule has 2 aliphatic heterocycles. The summed E-state index contributed by atoms with van der Waals surface area (Å²) in [7, 11) is 0. The third-order valence-electron chi connectivity index (χ3n) is 4.91. The second-order valence-electron chi connectivity index (χ2n) is 6.27. The first-order valence-electron chi connectivity index (χ1n) is 8.21. The molecular formula is C17H26BrN3. The molecule has 3 nitrogen and oxygen atoms in total. The van der Waals surface area contributed by atoms with Crippen molar-refractivity contribution < 1.29 is 0 Å². The van der Waals surface area contributed by atoms with Crippen LogP contribution in [-0.2, 0) is 0 Å². The lowest BCUT2D eigenvalue weighted by atomic mass is 10.1. The summed E-state index contributed by atoms with van der Waals surface area (Å²) in [5, 5.41) is 3.48. The van der Waals surface area contributed by atoms with Gasteiger partial charge in [-0.15, -0.1) is 0 Å². The van der Waals surface area contributed by atoms with Crippen molar-refractivity contribution in [1.29, 1.82) is 0 Å². The Bertz CT molecular complexity index is 491. The lowest BCUT2D eigenvalue weighted by Gasteiger charge is -2.39. The second kappa shape index (κ2) is 6.67. The van der Waals surface area contributed by atoms with Gasteiger partial charge in [0, 0.05) is 36.2 Å². The minimum Gasteiger partial charge on any atom is -0.368 e. The number of hydrogen-bond donors (Lipinski definition) is 1. The molecule has 21 heavy (non-hydrogen) atoms. The number of hydrogen-bond acceptors (Lipinski definition) is 3. The molecule has 0 amide bonds. The Morgan fingerprint density at radius 1 is 1.33 bits per heavy atom. The highest BCUT2D eigenvalue weighted by atomic mass is 79.9. The number of fused-ring (bicyclic) bond motifs is 1. The minimum absolute atomic E-state index is 0.409. The maximum absolute atomic E-state index is 3.79. The second-order valence-corrected chi connectivity index (χ2v) is 7.12. The Balaban J connectivity index is 1.73. The fraction of sp³-hybridized carbons (Fsp3) is 0.647. The van der Waals surface area contributed by atoms with Gasteiger partial charge in [-0.1, -0.05) is 13.0 Å². The monoisotopic (exact) mass is 351 g/mol. The van der Waals surface area contributed by atoms with E-state index in [0.29, 0.717) is 6.04 Å². The Morgan fingerprint density at radius 3 is 2.95 bits per heavy atom. The van der Waals surface area contributed by atoms with E-state index in [1.165, 1.54) is 48.2 Å². The van der Waals surface area contributed by atoms with Crippen LogP contribution in [0.5, 0.6) is 0 Å². The lowest BCUT2D eigenvalue weighted by molar-refractivity contribution is 0.231. The molecule has 4 heteroatoms. The van der Waals surface area contributed by atoms with Crippen LogP contribution in [0.2, 0.25) is 0 Å². The topological polar surface area (TPSA) is 18.5 Å². The molecule has 2 fully saturated rings. The van der Waals surface area contributed by atoms with E-state index in [9.17, 15) is 0 Å². The van der Waals surface area contributed by atoms with E-state index in [0.717, 1.165) is 19.1 Å². The van der Waals surface area contributed by atoms with Gasteiger partial charge in [-0.3, -0.25) is 4.90 Å². The summed E-state index contributed by atoms with van der Waals surface area (Å²) in [6.07, 6.45) is 2.74. The van der Waals surface area contributed by atoms with Crippen LogP contribution >= 0.6 is 15.9 Å². The van der Waals surface area contributed by atoms with Gasteiger partial charge < -0.3 is 10.2 Å². The average molecular weight is 352 g/mol. The van der Waals surface area contributed by atoms with Crippen molar-refractivity contribution in [3.05, 3.63) is 28.2 Å². The lowest BCUT2D eigenvalue weighted by Crippen LogP contribution is -2.50. The van der Waals surface area contributed by atoms with Crippen molar-refractivity contribution in [3.63, 3.8) is 0 Å². The average Bonchev–Trinajstić information content (AvgIpc) is 2.94. The molecule has 0 radical (unpaired) electrons. The van der Waals surface area contributed by atoms with Crippen molar-refractivity contribution >= 4 is 21.6 Å². The summed E-state index contributed by atoms with van der Waals surface area (Å²) < 4.78 is 1.23. The molecule has 1 N–H and O–H groups in total. The summed E-state index contributed by atoms with van der Waals surface area (Å²) in [5.74, 6) is 0. The number of benzene rings is 1. The highest BCUT2D eigenvalue weighted by Gasteiger charge is 2.31.